The monoisotopic (exact) mass is 222 g/mol. The van der Waals surface area contributed by atoms with E-state index in [1.807, 2.05) is 0 Å². The van der Waals surface area contributed by atoms with Crippen LogP contribution in [0, 0.1) is 5.41 Å². The highest BCUT2D eigenvalue weighted by molar-refractivity contribution is 6.88. The molecule has 0 fully saturated rings. The average molecular weight is 222 g/mol. The highest BCUT2D eigenvalue weighted by Gasteiger charge is 2.14. The summed E-state index contributed by atoms with van der Waals surface area (Å²) in [5.41, 5.74) is 0.500. The smallest absolute Gasteiger partial charge is 0.0656 e. The SMILES string of the molecule is CC(C)(C)C.C[Si](C)(C)c1ccccc1. The minimum Gasteiger partial charge on any atom is -0.0656 e. The van der Waals surface area contributed by atoms with Crippen LogP contribution in [0.5, 0.6) is 0 Å². The lowest BCUT2D eigenvalue weighted by molar-refractivity contribution is 0.469. The van der Waals surface area contributed by atoms with Gasteiger partial charge in [0, 0.05) is 0 Å². The maximum absolute atomic E-state index is 2.36. The Labute approximate surface area is 96.7 Å². The molecule has 0 saturated carbocycles. The van der Waals surface area contributed by atoms with Gasteiger partial charge in [-0.05, 0) is 5.41 Å². The van der Waals surface area contributed by atoms with Crippen LogP contribution in [-0.4, -0.2) is 8.07 Å². The van der Waals surface area contributed by atoms with Gasteiger partial charge in [-0.2, -0.15) is 0 Å². The fourth-order valence-corrected chi connectivity index (χ4v) is 2.13. The summed E-state index contributed by atoms with van der Waals surface area (Å²) < 4.78 is 0. The Bertz CT molecular complexity index is 256. The van der Waals surface area contributed by atoms with Crippen LogP contribution in [-0.2, 0) is 0 Å². The number of hydrogen-bond donors (Lipinski definition) is 0. The van der Waals surface area contributed by atoms with Gasteiger partial charge in [0.1, 0.15) is 0 Å². The lowest BCUT2D eigenvalue weighted by Gasteiger charge is -2.15. The van der Waals surface area contributed by atoms with E-state index in [0.29, 0.717) is 5.41 Å². The molecule has 0 heterocycles. The van der Waals surface area contributed by atoms with Crippen LogP contribution < -0.4 is 5.19 Å². The van der Waals surface area contributed by atoms with E-state index in [1.165, 1.54) is 5.19 Å². The lowest BCUT2D eigenvalue weighted by Crippen LogP contribution is -2.37. The van der Waals surface area contributed by atoms with E-state index in [-0.39, 0.29) is 0 Å². The van der Waals surface area contributed by atoms with Gasteiger partial charge in [0.05, 0.1) is 8.07 Å². The first-order valence-corrected chi connectivity index (χ1v) is 9.16. The molecule has 0 aromatic heterocycles. The maximum Gasteiger partial charge on any atom is 0.0775 e. The summed E-state index contributed by atoms with van der Waals surface area (Å²) in [6.45, 7) is 15.8. The van der Waals surface area contributed by atoms with E-state index in [2.05, 4.69) is 77.7 Å². The van der Waals surface area contributed by atoms with Crippen LogP contribution in [0.2, 0.25) is 19.6 Å². The zero-order chi connectivity index (χ0) is 12.1. The van der Waals surface area contributed by atoms with Crippen molar-refractivity contribution in [3.8, 4) is 0 Å². The second kappa shape index (κ2) is 5.50. The molecule has 1 aromatic rings. The van der Waals surface area contributed by atoms with Gasteiger partial charge in [-0.25, -0.2) is 0 Å². The van der Waals surface area contributed by atoms with E-state index in [9.17, 15) is 0 Å². The zero-order valence-electron chi connectivity index (χ0n) is 11.4. The molecule has 0 aliphatic carbocycles. The van der Waals surface area contributed by atoms with Crippen molar-refractivity contribution in [2.24, 2.45) is 5.41 Å². The van der Waals surface area contributed by atoms with Crippen molar-refractivity contribution in [1.29, 1.82) is 0 Å². The minimum absolute atomic E-state index is 0.500. The van der Waals surface area contributed by atoms with E-state index in [1.54, 1.807) is 0 Å². The van der Waals surface area contributed by atoms with Gasteiger partial charge in [0.25, 0.3) is 0 Å². The van der Waals surface area contributed by atoms with Crippen LogP contribution in [0.1, 0.15) is 27.7 Å². The molecule has 0 atom stereocenters. The number of hydrogen-bond acceptors (Lipinski definition) is 0. The lowest BCUT2D eigenvalue weighted by atomic mass is 10.0. The standard InChI is InChI=1S/C9H14Si.C5H12/c1-10(2,3)9-7-5-4-6-8-9;1-5(2,3)4/h4-8H,1-3H3;1-4H3. The summed E-state index contributed by atoms with van der Waals surface area (Å²) >= 11 is 0. The molecule has 0 radical (unpaired) electrons. The predicted molar refractivity (Wildman–Crippen MR) is 74.6 cm³/mol. The topological polar surface area (TPSA) is 0 Å². The Hall–Kier alpha value is -0.563. The van der Waals surface area contributed by atoms with Crippen LogP contribution in [0.3, 0.4) is 0 Å². The highest BCUT2D eigenvalue weighted by Crippen LogP contribution is 2.08. The number of rotatable bonds is 1. The molecule has 0 aliphatic heterocycles. The summed E-state index contributed by atoms with van der Waals surface area (Å²) in [6, 6.07) is 10.8. The van der Waals surface area contributed by atoms with Crippen molar-refractivity contribution in [1.82, 2.24) is 0 Å². The Morgan fingerprint density at radius 3 is 1.33 bits per heavy atom. The van der Waals surface area contributed by atoms with Crippen LogP contribution in [0.4, 0.5) is 0 Å². The Morgan fingerprint density at radius 2 is 1.13 bits per heavy atom. The fraction of sp³-hybridized carbons (Fsp3) is 0.571. The summed E-state index contributed by atoms with van der Waals surface area (Å²) in [5.74, 6) is 0. The second-order valence-corrected chi connectivity index (χ2v) is 11.7. The van der Waals surface area contributed by atoms with E-state index in [0.717, 1.165) is 0 Å². The van der Waals surface area contributed by atoms with Gasteiger partial charge >= 0.3 is 0 Å². The molecule has 0 unspecified atom stereocenters. The molecule has 0 spiro atoms. The Kier molecular flexibility index (Phi) is 5.29. The molecular weight excluding hydrogens is 196 g/mol. The molecule has 0 bridgehead atoms. The third-order valence-electron chi connectivity index (χ3n) is 1.64. The van der Waals surface area contributed by atoms with Gasteiger partial charge in [-0.15, -0.1) is 0 Å². The first-order chi connectivity index (χ1) is 6.61. The average Bonchev–Trinajstić information content (AvgIpc) is 2.01. The maximum atomic E-state index is 2.36. The van der Waals surface area contributed by atoms with Gasteiger partial charge in [0.2, 0.25) is 0 Å². The van der Waals surface area contributed by atoms with Crippen LogP contribution in [0.25, 0.3) is 0 Å². The molecule has 1 aromatic carbocycles. The molecule has 0 N–H and O–H groups in total. The van der Waals surface area contributed by atoms with E-state index >= 15 is 0 Å². The van der Waals surface area contributed by atoms with Crippen molar-refractivity contribution in [3.05, 3.63) is 30.3 Å². The minimum atomic E-state index is -1.03. The molecule has 15 heavy (non-hydrogen) atoms. The van der Waals surface area contributed by atoms with Crippen LogP contribution >= 0.6 is 0 Å². The number of benzene rings is 1. The Balaban J connectivity index is 0.000000336. The predicted octanol–water partition coefficient (Wildman–Crippen LogP) is 4.28. The molecule has 0 amide bonds. The highest BCUT2D eigenvalue weighted by atomic mass is 28.3. The molecule has 1 rings (SSSR count). The summed E-state index contributed by atoms with van der Waals surface area (Å²) in [5, 5.41) is 1.54. The molecular formula is C14H26Si. The van der Waals surface area contributed by atoms with Crippen molar-refractivity contribution in [2.75, 3.05) is 0 Å². The van der Waals surface area contributed by atoms with E-state index < -0.39 is 8.07 Å². The molecule has 0 nitrogen and oxygen atoms in total. The normalized spacial score (nSPS) is 11.7. The van der Waals surface area contributed by atoms with Gasteiger partial charge in [-0.1, -0.05) is 82.9 Å². The van der Waals surface area contributed by atoms with Gasteiger partial charge < -0.3 is 0 Å². The van der Waals surface area contributed by atoms with Crippen LogP contribution in [0.15, 0.2) is 30.3 Å². The van der Waals surface area contributed by atoms with Crippen molar-refractivity contribution in [3.63, 3.8) is 0 Å². The summed E-state index contributed by atoms with van der Waals surface area (Å²) in [7, 11) is -1.03. The van der Waals surface area contributed by atoms with Gasteiger partial charge in [-0.3, -0.25) is 0 Å². The first-order valence-electron chi connectivity index (χ1n) is 5.66. The summed E-state index contributed by atoms with van der Waals surface area (Å²) in [6.07, 6.45) is 0. The van der Waals surface area contributed by atoms with Crippen molar-refractivity contribution in [2.45, 2.75) is 47.3 Å². The second-order valence-electron chi connectivity index (χ2n) is 6.62. The van der Waals surface area contributed by atoms with Gasteiger partial charge in [0.15, 0.2) is 0 Å². The third kappa shape index (κ3) is 9.73. The van der Waals surface area contributed by atoms with Crippen molar-refractivity contribution >= 4 is 13.3 Å². The third-order valence-corrected chi connectivity index (χ3v) is 3.71. The largest absolute Gasteiger partial charge is 0.0775 e. The molecule has 0 aliphatic rings. The summed E-state index contributed by atoms with van der Waals surface area (Å²) in [4.78, 5) is 0. The molecule has 86 valence electrons. The fourth-order valence-electron chi connectivity index (χ4n) is 0.938. The zero-order valence-corrected chi connectivity index (χ0v) is 12.4. The first kappa shape index (κ1) is 14.4. The Morgan fingerprint density at radius 1 is 0.800 bits per heavy atom. The van der Waals surface area contributed by atoms with Crippen molar-refractivity contribution < 1.29 is 0 Å². The quantitative estimate of drug-likeness (QED) is 0.622. The molecule has 1 heteroatoms. The molecule has 0 saturated heterocycles. The van der Waals surface area contributed by atoms with E-state index in [4.69, 9.17) is 0 Å².